The second kappa shape index (κ2) is 7.44. The fraction of sp³-hybridized carbons (Fsp3) is 0.0556. The van der Waals surface area contributed by atoms with E-state index in [2.05, 4.69) is 10.3 Å². The van der Waals surface area contributed by atoms with E-state index < -0.39 is 0 Å². The molecule has 0 aliphatic rings. The molecule has 0 bridgehead atoms. The van der Waals surface area contributed by atoms with Crippen molar-refractivity contribution in [2.75, 3.05) is 5.32 Å². The minimum atomic E-state index is -0.379. The zero-order chi connectivity index (χ0) is 19.0. The van der Waals surface area contributed by atoms with Crippen LogP contribution in [0.3, 0.4) is 0 Å². The van der Waals surface area contributed by atoms with Crippen molar-refractivity contribution in [1.29, 1.82) is 0 Å². The van der Waals surface area contributed by atoms with Gasteiger partial charge in [-0.3, -0.25) is 14.2 Å². The smallest absolute Gasteiger partial charge is 0.263 e. The molecule has 4 rings (SSSR count). The monoisotopic (exact) mass is 435 g/mol. The molecule has 3 aromatic heterocycles. The molecule has 136 valence electrons. The number of hydrogen-bond acceptors (Lipinski definition) is 5. The third-order valence-electron chi connectivity index (χ3n) is 3.87. The van der Waals surface area contributed by atoms with Crippen LogP contribution in [0.4, 0.5) is 5.69 Å². The molecule has 3 heterocycles. The van der Waals surface area contributed by atoms with Gasteiger partial charge in [0, 0.05) is 20.8 Å². The van der Waals surface area contributed by atoms with Crippen LogP contribution in [0.5, 0.6) is 0 Å². The molecule has 0 saturated heterocycles. The summed E-state index contributed by atoms with van der Waals surface area (Å²) in [5.41, 5.74) is 1.03. The van der Waals surface area contributed by atoms with E-state index in [1.165, 1.54) is 28.3 Å². The third kappa shape index (κ3) is 3.64. The van der Waals surface area contributed by atoms with Crippen LogP contribution < -0.4 is 10.9 Å². The molecule has 0 spiro atoms. The van der Waals surface area contributed by atoms with Crippen LogP contribution in [0.25, 0.3) is 20.7 Å². The Hall–Kier alpha value is -2.19. The molecule has 0 aliphatic heterocycles. The highest BCUT2D eigenvalue weighted by molar-refractivity contribution is 7.18. The zero-order valence-electron chi connectivity index (χ0n) is 13.6. The highest BCUT2D eigenvalue weighted by Crippen LogP contribution is 2.33. The van der Waals surface area contributed by atoms with Crippen LogP contribution in [0.1, 0.15) is 0 Å². The van der Waals surface area contributed by atoms with Crippen molar-refractivity contribution in [2.24, 2.45) is 0 Å². The normalized spacial score (nSPS) is 11.0. The number of nitrogens with zero attached hydrogens (tertiary/aromatic N) is 2. The van der Waals surface area contributed by atoms with E-state index in [9.17, 15) is 9.59 Å². The Morgan fingerprint density at radius 3 is 2.81 bits per heavy atom. The van der Waals surface area contributed by atoms with Crippen LogP contribution in [0.2, 0.25) is 10.0 Å². The molecule has 4 aromatic rings. The van der Waals surface area contributed by atoms with E-state index in [1.54, 1.807) is 23.5 Å². The van der Waals surface area contributed by atoms with E-state index in [1.807, 2.05) is 22.9 Å². The van der Waals surface area contributed by atoms with Gasteiger partial charge < -0.3 is 5.32 Å². The van der Waals surface area contributed by atoms with Crippen LogP contribution in [0.15, 0.2) is 52.2 Å². The number of rotatable bonds is 4. The number of carbonyl (C=O) groups is 1. The summed E-state index contributed by atoms with van der Waals surface area (Å²) in [6.45, 7) is -0.166. The van der Waals surface area contributed by atoms with E-state index in [-0.39, 0.29) is 18.0 Å². The molecule has 0 unspecified atom stereocenters. The van der Waals surface area contributed by atoms with Gasteiger partial charge in [0.1, 0.15) is 11.4 Å². The standard InChI is InChI=1S/C18H11Cl2N3O2S2/c19-10-3-4-13(12(20)6-10)22-15(24)7-23-9-21-17-16(18(23)25)11(8-27-17)14-2-1-5-26-14/h1-6,8-9H,7H2,(H,22,24). The first-order valence-electron chi connectivity index (χ1n) is 7.78. The molecule has 9 heteroatoms. The van der Waals surface area contributed by atoms with Crippen LogP contribution in [-0.2, 0) is 11.3 Å². The number of halogens is 2. The van der Waals surface area contributed by atoms with E-state index >= 15 is 0 Å². The van der Waals surface area contributed by atoms with Gasteiger partial charge in [0.15, 0.2) is 0 Å². The van der Waals surface area contributed by atoms with Crippen molar-refractivity contribution in [3.05, 3.63) is 67.8 Å². The van der Waals surface area contributed by atoms with Gasteiger partial charge in [-0.1, -0.05) is 29.3 Å². The van der Waals surface area contributed by atoms with Crippen LogP contribution >= 0.6 is 45.9 Å². The summed E-state index contributed by atoms with van der Waals surface area (Å²) in [5.74, 6) is -0.379. The third-order valence-corrected chi connectivity index (χ3v) is 6.20. The molecule has 1 N–H and O–H groups in total. The summed E-state index contributed by atoms with van der Waals surface area (Å²) < 4.78 is 1.30. The number of amides is 1. The molecule has 5 nitrogen and oxygen atoms in total. The molecular weight excluding hydrogens is 425 g/mol. The molecule has 0 aliphatic carbocycles. The summed E-state index contributed by atoms with van der Waals surface area (Å²) in [6, 6.07) is 8.67. The molecule has 1 amide bonds. The molecular formula is C18H11Cl2N3O2S2. The number of aromatic nitrogens is 2. The first-order valence-corrected chi connectivity index (χ1v) is 10.3. The average Bonchev–Trinajstić information content (AvgIpc) is 3.29. The van der Waals surface area contributed by atoms with Crippen molar-refractivity contribution >= 4 is 67.7 Å². The number of anilines is 1. The fourth-order valence-corrected chi connectivity index (χ4v) is 4.81. The second-order valence-electron chi connectivity index (χ2n) is 5.66. The minimum Gasteiger partial charge on any atom is -0.323 e. The average molecular weight is 436 g/mol. The zero-order valence-corrected chi connectivity index (χ0v) is 16.8. The van der Waals surface area contributed by atoms with Gasteiger partial charge in [-0.15, -0.1) is 22.7 Å². The quantitative estimate of drug-likeness (QED) is 0.482. The number of thiophene rings is 2. The lowest BCUT2D eigenvalue weighted by molar-refractivity contribution is -0.116. The molecule has 0 fully saturated rings. The van der Waals surface area contributed by atoms with Gasteiger partial charge >= 0.3 is 0 Å². The van der Waals surface area contributed by atoms with Gasteiger partial charge in [-0.05, 0) is 29.6 Å². The SMILES string of the molecule is O=C(Cn1cnc2scc(-c3cccs3)c2c1=O)Nc1ccc(Cl)cc1Cl. The molecule has 0 saturated carbocycles. The first-order chi connectivity index (χ1) is 13.0. The van der Waals surface area contributed by atoms with E-state index in [4.69, 9.17) is 23.2 Å². The highest BCUT2D eigenvalue weighted by atomic mass is 35.5. The van der Waals surface area contributed by atoms with E-state index in [0.717, 1.165) is 10.4 Å². The Bertz CT molecular complexity index is 1200. The maximum Gasteiger partial charge on any atom is 0.263 e. The van der Waals surface area contributed by atoms with Crippen molar-refractivity contribution in [3.63, 3.8) is 0 Å². The number of fused-ring (bicyclic) bond motifs is 1. The van der Waals surface area contributed by atoms with Crippen molar-refractivity contribution in [2.45, 2.75) is 6.54 Å². The van der Waals surface area contributed by atoms with Gasteiger partial charge in [-0.25, -0.2) is 4.98 Å². The number of carbonyl (C=O) groups excluding carboxylic acids is 1. The number of benzene rings is 1. The Morgan fingerprint density at radius 2 is 2.07 bits per heavy atom. The molecule has 1 aromatic carbocycles. The molecule has 0 atom stereocenters. The van der Waals surface area contributed by atoms with Crippen LogP contribution in [0, 0.1) is 0 Å². The highest BCUT2D eigenvalue weighted by Gasteiger charge is 2.15. The predicted molar refractivity (Wildman–Crippen MR) is 112 cm³/mol. The maximum atomic E-state index is 12.9. The molecule has 27 heavy (non-hydrogen) atoms. The Kier molecular flexibility index (Phi) is 5.01. The maximum absolute atomic E-state index is 12.9. The first kappa shape index (κ1) is 18.2. The number of nitrogens with one attached hydrogen (secondary N) is 1. The second-order valence-corrected chi connectivity index (χ2v) is 8.31. The van der Waals surface area contributed by atoms with Crippen molar-refractivity contribution in [3.8, 4) is 10.4 Å². The summed E-state index contributed by atoms with van der Waals surface area (Å²) in [6.07, 6.45) is 1.39. The topological polar surface area (TPSA) is 64.0 Å². The Labute approximate surface area is 171 Å². The lowest BCUT2D eigenvalue weighted by Crippen LogP contribution is -2.27. The van der Waals surface area contributed by atoms with E-state index in [0.29, 0.717) is 25.9 Å². The fourth-order valence-electron chi connectivity index (χ4n) is 2.63. The van der Waals surface area contributed by atoms with Gasteiger partial charge in [-0.2, -0.15) is 0 Å². The molecule has 0 radical (unpaired) electrons. The van der Waals surface area contributed by atoms with Crippen molar-refractivity contribution in [1.82, 2.24) is 9.55 Å². The van der Waals surface area contributed by atoms with Gasteiger partial charge in [0.05, 0.1) is 22.4 Å². The summed E-state index contributed by atoms with van der Waals surface area (Å²) in [5, 5.41) is 7.89. The lowest BCUT2D eigenvalue weighted by Gasteiger charge is -2.09. The minimum absolute atomic E-state index is 0.166. The Balaban J connectivity index is 1.64. The summed E-state index contributed by atoms with van der Waals surface area (Å²) in [4.78, 5) is 31.3. The summed E-state index contributed by atoms with van der Waals surface area (Å²) in [7, 11) is 0. The summed E-state index contributed by atoms with van der Waals surface area (Å²) >= 11 is 14.9. The van der Waals surface area contributed by atoms with Crippen molar-refractivity contribution < 1.29 is 4.79 Å². The predicted octanol–water partition coefficient (Wildman–Crippen LogP) is 5.13. The lowest BCUT2D eigenvalue weighted by atomic mass is 10.2. The Morgan fingerprint density at radius 1 is 1.22 bits per heavy atom. The van der Waals surface area contributed by atoms with Crippen LogP contribution in [-0.4, -0.2) is 15.5 Å². The van der Waals surface area contributed by atoms with Gasteiger partial charge in [0.25, 0.3) is 5.56 Å². The van der Waals surface area contributed by atoms with Gasteiger partial charge in [0.2, 0.25) is 5.91 Å². The largest absolute Gasteiger partial charge is 0.323 e. The number of hydrogen-bond donors (Lipinski definition) is 1.